The summed E-state index contributed by atoms with van der Waals surface area (Å²) in [5, 5.41) is 2.20. The van der Waals surface area contributed by atoms with E-state index in [1.807, 2.05) is 11.3 Å². The van der Waals surface area contributed by atoms with Crippen LogP contribution < -0.4 is 29.6 Å². The molecule has 1 heterocycles. The Bertz CT molecular complexity index is 407. The van der Waals surface area contributed by atoms with E-state index in [9.17, 15) is 0 Å². The molecule has 0 saturated heterocycles. The Balaban J connectivity index is 0. The van der Waals surface area contributed by atoms with Gasteiger partial charge in [0.2, 0.25) is 0 Å². The van der Waals surface area contributed by atoms with E-state index in [1.54, 1.807) is 4.88 Å². The molecule has 0 aliphatic carbocycles. The second kappa shape index (κ2) is 26.0. The van der Waals surface area contributed by atoms with E-state index in [-0.39, 0.29) is 31.0 Å². The van der Waals surface area contributed by atoms with Gasteiger partial charge in [0.1, 0.15) is 0 Å². The van der Waals surface area contributed by atoms with Crippen LogP contribution in [0.3, 0.4) is 0 Å². The van der Waals surface area contributed by atoms with Crippen molar-refractivity contribution in [2.45, 2.75) is 155 Å². The molecule has 0 atom stereocenters. The van der Waals surface area contributed by atoms with Gasteiger partial charge in [0, 0.05) is 4.88 Å². The number of unbranched alkanes of at least 4 members (excludes halogenated alkanes) is 21. The molecule has 1 rings (SSSR count). The standard InChI is InChI=1S/C28H52S.Na.H/c1-2-3-4-5-6-7-8-9-10-11-12-13-14-15-16-17-18-19-20-21-22-23-25-28-26-24-27-29-28;;/h24,26-27H,2-23,25H2,1H3;;/q;+1;-1. The summed E-state index contributed by atoms with van der Waals surface area (Å²) in [5.74, 6) is 0. The Morgan fingerprint density at radius 3 is 1.17 bits per heavy atom. The SMILES string of the molecule is CCCCCCCCCCCCCCCCCCCCCCCCc1cccs1.[H-].[Na+]. The molecule has 2 heteroatoms. The molecule has 0 N–H and O–H groups in total. The second-order valence-corrected chi connectivity index (χ2v) is 10.3. The molecule has 0 spiro atoms. The molecule has 0 aliphatic heterocycles. The van der Waals surface area contributed by atoms with Gasteiger partial charge in [-0.05, 0) is 24.3 Å². The zero-order valence-electron chi connectivity index (χ0n) is 21.9. The quantitative estimate of drug-likeness (QED) is 0.118. The Labute approximate surface area is 218 Å². The zero-order chi connectivity index (χ0) is 20.7. The third-order valence-corrected chi connectivity index (χ3v) is 7.29. The van der Waals surface area contributed by atoms with Gasteiger partial charge in [-0.25, -0.2) is 0 Å². The average Bonchev–Trinajstić information content (AvgIpc) is 3.25. The molecule has 0 aliphatic rings. The fraction of sp³-hybridized carbons (Fsp3) is 0.857. The molecular formula is C28H53NaS. The maximum absolute atomic E-state index is 2.30. The summed E-state index contributed by atoms with van der Waals surface area (Å²) < 4.78 is 0. The fourth-order valence-electron chi connectivity index (χ4n) is 4.36. The minimum absolute atomic E-state index is 0. The number of hydrogen-bond donors (Lipinski definition) is 0. The van der Waals surface area contributed by atoms with E-state index in [4.69, 9.17) is 0 Å². The molecule has 1 aromatic rings. The summed E-state index contributed by atoms with van der Waals surface area (Å²) in [6.45, 7) is 2.30. The molecule has 0 amide bonds. The van der Waals surface area contributed by atoms with E-state index in [0.717, 1.165) is 0 Å². The maximum Gasteiger partial charge on any atom is 1.00 e. The van der Waals surface area contributed by atoms with Crippen molar-refractivity contribution in [1.82, 2.24) is 0 Å². The topological polar surface area (TPSA) is 0 Å². The van der Waals surface area contributed by atoms with Crippen molar-refractivity contribution in [2.75, 3.05) is 0 Å². The van der Waals surface area contributed by atoms with Gasteiger partial charge in [-0.3, -0.25) is 0 Å². The summed E-state index contributed by atoms with van der Waals surface area (Å²) in [6.07, 6.45) is 33.6. The van der Waals surface area contributed by atoms with Crippen LogP contribution >= 0.6 is 11.3 Å². The van der Waals surface area contributed by atoms with E-state index in [2.05, 4.69) is 24.4 Å². The van der Waals surface area contributed by atoms with Crippen LogP contribution in [0.2, 0.25) is 0 Å². The first-order valence-corrected chi connectivity index (χ1v) is 14.3. The molecule has 0 saturated carbocycles. The summed E-state index contributed by atoms with van der Waals surface area (Å²) >= 11 is 1.91. The van der Waals surface area contributed by atoms with Crippen LogP contribution in [-0.2, 0) is 6.42 Å². The Morgan fingerprint density at radius 1 is 0.533 bits per heavy atom. The average molecular weight is 445 g/mol. The first-order chi connectivity index (χ1) is 14.4. The van der Waals surface area contributed by atoms with Crippen LogP contribution in [0.15, 0.2) is 17.5 Å². The van der Waals surface area contributed by atoms with Crippen LogP contribution in [0.1, 0.15) is 154 Å². The molecule has 0 fully saturated rings. The summed E-state index contributed by atoms with van der Waals surface area (Å²) in [4.78, 5) is 1.57. The third-order valence-electron chi connectivity index (χ3n) is 6.36. The molecule has 0 nitrogen and oxygen atoms in total. The first-order valence-electron chi connectivity index (χ1n) is 13.5. The molecule has 0 unspecified atom stereocenters. The van der Waals surface area contributed by atoms with E-state index in [1.165, 1.54) is 148 Å². The van der Waals surface area contributed by atoms with Gasteiger partial charge in [-0.2, -0.15) is 0 Å². The van der Waals surface area contributed by atoms with Crippen molar-refractivity contribution in [1.29, 1.82) is 0 Å². The minimum atomic E-state index is 0. The van der Waals surface area contributed by atoms with Gasteiger partial charge in [0.25, 0.3) is 0 Å². The minimum Gasteiger partial charge on any atom is -1.00 e. The van der Waals surface area contributed by atoms with Crippen LogP contribution in [-0.4, -0.2) is 0 Å². The van der Waals surface area contributed by atoms with Gasteiger partial charge in [-0.15, -0.1) is 11.3 Å². The Hall–Kier alpha value is 0.700. The Kier molecular flexibility index (Phi) is 26.6. The predicted octanol–water partition coefficient (Wildman–Crippen LogP) is 8.01. The van der Waals surface area contributed by atoms with E-state index in [0.29, 0.717) is 0 Å². The predicted molar refractivity (Wildman–Crippen MR) is 136 cm³/mol. The maximum atomic E-state index is 2.30. The van der Waals surface area contributed by atoms with Crippen molar-refractivity contribution in [2.24, 2.45) is 0 Å². The van der Waals surface area contributed by atoms with Crippen LogP contribution in [0.4, 0.5) is 0 Å². The molecule has 0 aromatic carbocycles. The zero-order valence-corrected chi connectivity index (χ0v) is 23.7. The smallest absolute Gasteiger partial charge is 1.00 e. The van der Waals surface area contributed by atoms with Crippen molar-refractivity contribution in [3.63, 3.8) is 0 Å². The van der Waals surface area contributed by atoms with Crippen LogP contribution in [0.25, 0.3) is 0 Å². The molecular weight excluding hydrogens is 391 g/mol. The van der Waals surface area contributed by atoms with Crippen molar-refractivity contribution < 1.29 is 31.0 Å². The molecule has 30 heavy (non-hydrogen) atoms. The van der Waals surface area contributed by atoms with Crippen molar-refractivity contribution in [3.05, 3.63) is 22.4 Å². The number of thiophene rings is 1. The second-order valence-electron chi connectivity index (χ2n) is 9.25. The van der Waals surface area contributed by atoms with Crippen LogP contribution in [0, 0.1) is 0 Å². The van der Waals surface area contributed by atoms with Crippen molar-refractivity contribution >= 4 is 11.3 Å². The fourth-order valence-corrected chi connectivity index (χ4v) is 5.11. The van der Waals surface area contributed by atoms with Gasteiger partial charge >= 0.3 is 29.6 Å². The molecule has 1 aromatic heterocycles. The van der Waals surface area contributed by atoms with E-state index >= 15 is 0 Å². The molecule has 0 radical (unpaired) electrons. The summed E-state index contributed by atoms with van der Waals surface area (Å²) in [7, 11) is 0. The largest absolute Gasteiger partial charge is 1.00 e. The van der Waals surface area contributed by atoms with Crippen LogP contribution in [0.5, 0.6) is 0 Å². The summed E-state index contributed by atoms with van der Waals surface area (Å²) in [6, 6.07) is 4.46. The van der Waals surface area contributed by atoms with Gasteiger partial charge in [-0.1, -0.05) is 148 Å². The van der Waals surface area contributed by atoms with Gasteiger partial charge in [0.05, 0.1) is 0 Å². The summed E-state index contributed by atoms with van der Waals surface area (Å²) in [5.41, 5.74) is 0. The number of rotatable bonds is 23. The first kappa shape index (κ1) is 30.7. The van der Waals surface area contributed by atoms with Gasteiger partial charge in [0.15, 0.2) is 0 Å². The monoisotopic (exact) mass is 444 g/mol. The van der Waals surface area contributed by atoms with E-state index < -0.39 is 0 Å². The third kappa shape index (κ3) is 21.9. The number of hydrogen-bond acceptors (Lipinski definition) is 1. The van der Waals surface area contributed by atoms with Crippen molar-refractivity contribution in [3.8, 4) is 0 Å². The Morgan fingerprint density at radius 2 is 0.867 bits per heavy atom. The number of aryl methyl sites for hydroxylation is 1. The molecule has 172 valence electrons. The molecule has 0 bridgehead atoms. The normalized spacial score (nSPS) is 11.0. The van der Waals surface area contributed by atoms with Gasteiger partial charge < -0.3 is 1.43 Å².